The quantitative estimate of drug-likeness (QED) is 0.504. The van der Waals surface area contributed by atoms with Crippen molar-refractivity contribution in [1.82, 2.24) is 4.72 Å². The van der Waals surface area contributed by atoms with Crippen LogP contribution in [0.2, 0.25) is 5.02 Å². The molecule has 2 rings (SSSR count). The van der Waals surface area contributed by atoms with Gasteiger partial charge in [-0.15, -0.1) is 0 Å². The molecule has 2 aromatic carbocycles. The van der Waals surface area contributed by atoms with Crippen LogP contribution in [0.1, 0.15) is 19.8 Å². The van der Waals surface area contributed by atoms with Crippen LogP contribution >= 0.6 is 11.6 Å². The van der Waals surface area contributed by atoms with E-state index >= 15 is 0 Å². The molecule has 0 aromatic heterocycles. The predicted octanol–water partition coefficient (Wildman–Crippen LogP) is 2.80. The number of carbonyl (C=O) groups excluding carboxylic acids is 1. The molecule has 11 heteroatoms. The lowest BCUT2D eigenvalue weighted by Gasteiger charge is -2.10. The van der Waals surface area contributed by atoms with Crippen LogP contribution in [-0.2, 0) is 24.8 Å². The zero-order chi connectivity index (χ0) is 21.5. The molecule has 0 aliphatic heterocycles. The molecule has 1 amide bonds. The fraction of sp³-hybridized carbons (Fsp3) is 0.278. The van der Waals surface area contributed by atoms with E-state index in [0.717, 1.165) is 0 Å². The molecule has 0 aliphatic rings. The average Bonchev–Trinajstić information content (AvgIpc) is 2.63. The molecule has 8 nitrogen and oxygen atoms in total. The first-order valence-electron chi connectivity index (χ1n) is 8.77. The van der Waals surface area contributed by atoms with E-state index in [9.17, 15) is 21.6 Å². The minimum atomic E-state index is -3.76. The van der Waals surface area contributed by atoms with Crippen molar-refractivity contribution < 1.29 is 21.6 Å². The Kier molecular flexibility index (Phi) is 8.03. The first kappa shape index (κ1) is 23.1. The summed E-state index contributed by atoms with van der Waals surface area (Å²) in [5.41, 5.74) is 0.858. The molecule has 0 spiro atoms. The topological polar surface area (TPSA) is 121 Å². The second-order valence-corrected chi connectivity index (χ2v) is 10.2. The summed E-state index contributed by atoms with van der Waals surface area (Å²) in [4.78, 5) is 12.0. The van der Waals surface area contributed by atoms with E-state index in [1.165, 1.54) is 30.3 Å². The van der Waals surface area contributed by atoms with Gasteiger partial charge in [0.05, 0.1) is 10.6 Å². The maximum Gasteiger partial charge on any atom is 0.240 e. The number of sulfonamides is 2. The van der Waals surface area contributed by atoms with Crippen LogP contribution in [0.4, 0.5) is 11.4 Å². The Hall–Kier alpha value is -2.14. The predicted molar refractivity (Wildman–Crippen MR) is 114 cm³/mol. The van der Waals surface area contributed by atoms with E-state index in [1.54, 1.807) is 25.1 Å². The van der Waals surface area contributed by atoms with E-state index in [1.807, 2.05) is 0 Å². The number of amides is 1. The van der Waals surface area contributed by atoms with Gasteiger partial charge in [-0.05, 0) is 48.9 Å². The number of hydrogen-bond donors (Lipinski definition) is 3. The van der Waals surface area contributed by atoms with Gasteiger partial charge in [0.25, 0.3) is 0 Å². The lowest BCUT2D eigenvalue weighted by atomic mass is 10.3. The van der Waals surface area contributed by atoms with E-state index < -0.39 is 26.0 Å². The number of hydrogen-bond acceptors (Lipinski definition) is 5. The summed E-state index contributed by atoms with van der Waals surface area (Å²) < 4.78 is 52.6. The van der Waals surface area contributed by atoms with Crippen molar-refractivity contribution in [2.45, 2.75) is 24.7 Å². The summed E-state index contributed by atoms with van der Waals surface area (Å²) in [6, 6.07) is 12.0. The first-order valence-corrected chi connectivity index (χ1v) is 12.3. The van der Waals surface area contributed by atoms with Gasteiger partial charge in [-0.3, -0.25) is 9.52 Å². The maximum atomic E-state index is 12.2. The Morgan fingerprint density at radius 2 is 1.66 bits per heavy atom. The Labute approximate surface area is 175 Å². The minimum Gasteiger partial charge on any atom is -0.326 e. The van der Waals surface area contributed by atoms with Gasteiger partial charge in [-0.2, -0.15) is 0 Å². The third kappa shape index (κ3) is 7.65. The van der Waals surface area contributed by atoms with Gasteiger partial charge in [-0.25, -0.2) is 21.6 Å². The van der Waals surface area contributed by atoms with E-state index in [2.05, 4.69) is 14.8 Å². The van der Waals surface area contributed by atoms with Gasteiger partial charge in [-0.1, -0.05) is 24.6 Å². The van der Waals surface area contributed by atoms with Crippen LogP contribution < -0.4 is 14.8 Å². The SMILES string of the molecule is CCCS(=O)(=O)Nc1ccc(NC(=O)CCNS(=O)(=O)c2cccc(Cl)c2)cc1. The molecule has 0 unspecified atom stereocenters. The number of anilines is 2. The molecule has 0 saturated carbocycles. The average molecular weight is 460 g/mol. The van der Waals surface area contributed by atoms with Crippen molar-refractivity contribution in [3.8, 4) is 0 Å². The molecule has 3 N–H and O–H groups in total. The van der Waals surface area contributed by atoms with Crippen LogP contribution in [-0.4, -0.2) is 35.0 Å². The minimum absolute atomic E-state index is 0.0199. The lowest BCUT2D eigenvalue weighted by molar-refractivity contribution is -0.116. The van der Waals surface area contributed by atoms with Crippen LogP contribution in [0.15, 0.2) is 53.4 Å². The lowest BCUT2D eigenvalue weighted by Crippen LogP contribution is -2.27. The fourth-order valence-corrected chi connectivity index (χ4v) is 4.83. The highest BCUT2D eigenvalue weighted by molar-refractivity contribution is 7.92. The smallest absolute Gasteiger partial charge is 0.240 e. The van der Waals surface area contributed by atoms with Crippen molar-refractivity contribution in [3.05, 3.63) is 53.6 Å². The molecule has 2 aromatic rings. The Balaban J connectivity index is 1.85. The third-order valence-corrected chi connectivity index (χ3v) is 6.85. The second kappa shape index (κ2) is 10.1. The van der Waals surface area contributed by atoms with E-state index in [0.29, 0.717) is 22.8 Å². The van der Waals surface area contributed by atoms with E-state index in [4.69, 9.17) is 11.6 Å². The summed E-state index contributed by atoms with van der Waals surface area (Å²) in [6.45, 7) is 1.68. The third-order valence-electron chi connectivity index (χ3n) is 3.67. The largest absolute Gasteiger partial charge is 0.326 e. The molecule has 0 heterocycles. The van der Waals surface area contributed by atoms with Crippen LogP contribution in [0.25, 0.3) is 0 Å². The van der Waals surface area contributed by atoms with Gasteiger partial charge in [0.15, 0.2) is 0 Å². The molecule has 158 valence electrons. The van der Waals surface area contributed by atoms with Crippen molar-refractivity contribution in [3.63, 3.8) is 0 Å². The van der Waals surface area contributed by atoms with Crippen LogP contribution in [0, 0.1) is 0 Å². The molecular formula is C18H22ClN3O5S2. The normalized spacial score (nSPS) is 11.8. The summed E-state index contributed by atoms with van der Waals surface area (Å²) >= 11 is 5.79. The fourth-order valence-electron chi connectivity index (χ4n) is 2.36. The standard InChI is InChI=1S/C18H22ClN3O5S2/c1-2-12-28(24,25)22-16-8-6-15(7-9-16)21-18(23)10-11-20-29(26,27)17-5-3-4-14(19)13-17/h3-9,13,20,22H,2,10-12H2,1H3,(H,21,23). The maximum absolute atomic E-state index is 12.2. The van der Waals surface area contributed by atoms with Gasteiger partial charge >= 0.3 is 0 Å². The number of benzene rings is 2. The highest BCUT2D eigenvalue weighted by Gasteiger charge is 2.14. The second-order valence-electron chi connectivity index (χ2n) is 6.15. The summed E-state index contributed by atoms with van der Waals surface area (Å²) in [6.07, 6.45) is 0.426. The molecule has 0 atom stereocenters. The van der Waals surface area contributed by atoms with Crippen molar-refractivity contribution in [2.75, 3.05) is 22.3 Å². The molecular weight excluding hydrogens is 438 g/mol. The number of rotatable bonds is 10. The zero-order valence-corrected chi connectivity index (χ0v) is 18.1. The Morgan fingerprint density at radius 1 is 1.00 bits per heavy atom. The molecule has 0 aliphatic carbocycles. The van der Waals surface area contributed by atoms with Crippen LogP contribution in [0.5, 0.6) is 0 Å². The monoisotopic (exact) mass is 459 g/mol. The number of nitrogens with one attached hydrogen (secondary N) is 3. The van der Waals surface area contributed by atoms with Gasteiger partial charge in [0, 0.05) is 29.4 Å². The van der Waals surface area contributed by atoms with Crippen LogP contribution in [0.3, 0.4) is 0 Å². The molecule has 0 saturated heterocycles. The van der Waals surface area contributed by atoms with Gasteiger partial charge in [0.1, 0.15) is 0 Å². The first-order chi connectivity index (χ1) is 13.6. The summed E-state index contributed by atoms with van der Waals surface area (Å²) in [5, 5.41) is 2.92. The molecule has 0 bridgehead atoms. The highest BCUT2D eigenvalue weighted by Crippen LogP contribution is 2.16. The van der Waals surface area contributed by atoms with Gasteiger partial charge in [0.2, 0.25) is 26.0 Å². The number of carbonyl (C=O) groups is 1. The highest BCUT2D eigenvalue weighted by atomic mass is 35.5. The molecule has 0 fully saturated rings. The summed E-state index contributed by atoms with van der Waals surface area (Å²) in [5.74, 6) is -0.366. The van der Waals surface area contributed by atoms with Crippen molar-refractivity contribution in [1.29, 1.82) is 0 Å². The van der Waals surface area contributed by atoms with Crippen molar-refractivity contribution >= 4 is 48.9 Å². The zero-order valence-electron chi connectivity index (χ0n) is 15.7. The van der Waals surface area contributed by atoms with Crippen molar-refractivity contribution in [2.24, 2.45) is 0 Å². The Morgan fingerprint density at radius 3 is 2.28 bits per heavy atom. The number of halogens is 1. The molecule has 0 radical (unpaired) electrons. The van der Waals surface area contributed by atoms with E-state index in [-0.39, 0.29) is 23.6 Å². The Bertz CT molecular complexity index is 1060. The summed E-state index contributed by atoms with van der Waals surface area (Å²) in [7, 11) is -7.14. The van der Waals surface area contributed by atoms with Gasteiger partial charge < -0.3 is 5.32 Å². The molecule has 29 heavy (non-hydrogen) atoms.